The fourth-order valence-corrected chi connectivity index (χ4v) is 6.33. The highest BCUT2D eigenvalue weighted by Crippen LogP contribution is 2.40. The number of carbonyl (C=O) groups is 7. The van der Waals surface area contributed by atoms with E-state index in [1.165, 1.54) is 14.0 Å². The quantitative estimate of drug-likeness (QED) is 0.0986. The summed E-state index contributed by atoms with van der Waals surface area (Å²) in [6.45, 7) is 17.1. The van der Waals surface area contributed by atoms with Crippen molar-refractivity contribution in [3.63, 3.8) is 0 Å². The summed E-state index contributed by atoms with van der Waals surface area (Å²) in [5.41, 5.74) is 5.65. The number of carboxylic acids is 1. The van der Waals surface area contributed by atoms with Gasteiger partial charge in [0, 0.05) is 31.1 Å². The van der Waals surface area contributed by atoms with E-state index in [0.717, 1.165) is 4.90 Å². The third kappa shape index (κ3) is 18.0. The average Bonchev–Trinajstić information content (AvgIpc) is 3.17. The predicted octanol–water partition coefficient (Wildman–Crippen LogP) is 3.92. The molecule has 0 aliphatic carbocycles. The molecular weight excluding hydrogens is 847 g/mol. The molecule has 20 heteroatoms. The molecule has 65 heavy (non-hydrogen) atoms. The van der Waals surface area contributed by atoms with Gasteiger partial charge in [-0.3, -0.25) is 14.4 Å². The van der Waals surface area contributed by atoms with Crippen LogP contribution < -0.4 is 41.8 Å². The number of hydrogen-bond acceptors (Lipinski definition) is 13. The Morgan fingerprint density at radius 3 is 1.71 bits per heavy atom. The molecule has 1 aliphatic rings. The Hall–Kier alpha value is -6.31. The maximum absolute atomic E-state index is 14.3. The highest BCUT2D eigenvalue weighted by molar-refractivity contribution is 5.95. The van der Waals surface area contributed by atoms with Crippen LogP contribution in [0.4, 0.5) is 14.4 Å². The van der Waals surface area contributed by atoms with Gasteiger partial charge in [0.2, 0.25) is 17.7 Å². The summed E-state index contributed by atoms with van der Waals surface area (Å²) in [6, 6.07) is 4.44. The van der Waals surface area contributed by atoms with Crippen molar-refractivity contribution in [3.05, 3.63) is 47.5 Å². The number of fused-ring (bicyclic) bond motifs is 5. The lowest BCUT2D eigenvalue weighted by Gasteiger charge is -2.31. The zero-order chi connectivity index (χ0) is 48.9. The molecule has 4 atom stereocenters. The molecule has 360 valence electrons. The van der Waals surface area contributed by atoms with Crippen molar-refractivity contribution in [2.24, 2.45) is 5.73 Å². The van der Waals surface area contributed by atoms with E-state index < -0.39 is 82.9 Å². The average molecular weight is 914 g/mol. The molecule has 3 rings (SSSR count). The number of carboxylic acid groups (broad SMARTS) is 1. The number of carbonyl (C=O) groups excluding carboxylic acids is 6. The number of likely N-dealkylation sites (N-methyl/N-ethyl adjacent to an activating group) is 1. The third-order valence-corrected chi connectivity index (χ3v) is 9.18. The van der Waals surface area contributed by atoms with Gasteiger partial charge in [-0.1, -0.05) is 12.1 Å². The zero-order valence-electron chi connectivity index (χ0n) is 39.3. The van der Waals surface area contributed by atoms with Crippen LogP contribution in [0.3, 0.4) is 0 Å². The number of benzene rings is 2. The number of rotatable bonds is 15. The molecule has 0 unspecified atom stereocenters. The molecule has 20 nitrogen and oxygen atoms in total. The number of amides is 6. The lowest BCUT2D eigenvalue weighted by atomic mass is 9.93. The van der Waals surface area contributed by atoms with E-state index in [1.54, 1.807) is 98.7 Å². The normalized spacial score (nSPS) is 17.1. The molecule has 6 amide bonds. The van der Waals surface area contributed by atoms with E-state index in [1.807, 2.05) is 0 Å². The summed E-state index contributed by atoms with van der Waals surface area (Å²) in [5, 5.41) is 23.2. The van der Waals surface area contributed by atoms with E-state index >= 15 is 0 Å². The molecule has 0 aromatic heterocycles. The van der Waals surface area contributed by atoms with Crippen LogP contribution in [0.1, 0.15) is 99.2 Å². The second-order valence-corrected chi connectivity index (χ2v) is 18.5. The van der Waals surface area contributed by atoms with E-state index in [2.05, 4.69) is 26.6 Å². The first kappa shape index (κ1) is 53.0. The van der Waals surface area contributed by atoms with Gasteiger partial charge in [0.05, 0.1) is 19.1 Å². The van der Waals surface area contributed by atoms with Gasteiger partial charge in [-0.25, -0.2) is 19.2 Å². The molecule has 2 aromatic rings. The monoisotopic (exact) mass is 913 g/mol. The first-order valence-electron chi connectivity index (χ1n) is 21.4. The number of nitrogens with one attached hydrogen (secondary N) is 5. The Labute approximate surface area is 380 Å². The van der Waals surface area contributed by atoms with Crippen LogP contribution in [-0.2, 0) is 39.8 Å². The number of alkyl carbamates (subject to hydrolysis) is 3. The van der Waals surface area contributed by atoms with Crippen LogP contribution in [0.15, 0.2) is 36.4 Å². The van der Waals surface area contributed by atoms with Gasteiger partial charge < -0.3 is 66.0 Å². The molecule has 1 aliphatic heterocycles. The number of nitrogens with two attached hydrogens (primary N) is 1. The summed E-state index contributed by atoms with van der Waals surface area (Å²) in [4.78, 5) is 92.3. The summed E-state index contributed by atoms with van der Waals surface area (Å²) in [6.07, 6.45) is -1.69. The molecule has 2 aromatic carbocycles. The van der Waals surface area contributed by atoms with Crippen molar-refractivity contribution in [3.8, 4) is 22.6 Å². The second kappa shape index (κ2) is 23.0. The van der Waals surface area contributed by atoms with Crippen molar-refractivity contribution in [1.29, 1.82) is 0 Å². The third-order valence-electron chi connectivity index (χ3n) is 9.18. The number of aliphatic carboxylic acids is 1. The molecule has 0 saturated carbocycles. The lowest BCUT2D eigenvalue weighted by molar-refractivity contribution is -0.143. The summed E-state index contributed by atoms with van der Waals surface area (Å²) < 4.78 is 28.3. The maximum Gasteiger partial charge on any atom is 0.407 e. The van der Waals surface area contributed by atoms with Gasteiger partial charge in [0.25, 0.3) is 0 Å². The number of ether oxygens (including phenoxy) is 5. The predicted molar refractivity (Wildman–Crippen MR) is 239 cm³/mol. The van der Waals surface area contributed by atoms with Crippen molar-refractivity contribution < 1.29 is 62.4 Å². The number of hydrogen-bond donors (Lipinski definition) is 7. The van der Waals surface area contributed by atoms with Crippen molar-refractivity contribution in [2.45, 2.75) is 129 Å². The summed E-state index contributed by atoms with van der Waals surface area (Å²) in [5.74, 6) is -3.03. The lowest BCUT2D eigenvalue weighted by Crippen LogP contribution is -2.54. The van der Waals surface area contributed by atoms with Crippen LogP contribution in [-0.4, -0.2) is 127 Å². The fraction of sp³-hybridized carbons (Fsp3) is 0.578. The topological polar surface area (TPSA) is 275 Å². The van der Waals surface area contributed by atoms with E-state index in [4.69, 9.17) is 29.4 Å². The van der Waals surface area contributed by atoms with Gasteiger partial charge in [-0.15, -0.1) is 0 Å². The van der Waals surface area contributed by atoms with Crippen molar-refractivity contribution >= 4 is 42.0 Å². The Kier molecular flexibility index (Phi) is 18.8. The van der Waals surface area contributed by atoms with E-state index in [9.17, 15) is 38.7 Å². The highest BCUT2D eigenvalue weighted by Gasteiger charge is 2.35. The van der Waals surface area contributed by atoms with Crippen molar-refractivity contribution in [1.82, 2.24) is 31.5 Å². The van der Waals surface area contributed by atoms with Crippen LogP contribution in [0.2, 0.25) is 0 Å². The number of nitrogens with zero attached hydrogens (tertiary/aromatic N) is 1. The van der Waals surface area contributed by atoms with Gasteiger partial charge in [-0.2, -0.15) is 0 Å². The minimum Gasteiger partial charge on any atom is -0.491 e. The van der Waals surface area contributed by atoms with Crippen LogP contribution in [0.25, 0.3) is 11.1 Å². The van der Waals surface area contributed by atoms with Gasteiger partial charge in [0.1, 0.15) is 59.6 Å². The standard InChI is InChI=1S/C45H67N7O13/c1-26-36(53)51-32(39(56)57)24-27-14-16-33(61-21-19-48-41(59)64-44(5,6)7)29(23-27)30-25-28(15-17-34(30)62-22-20-49-42(60)65-45(8,9)10)35(37(54)50-26)52(11)38(55)31(46)13-12-18-47-40(58)63-43(2,3)4/h14-17,23,25-26,31-32,35H,12-13,18-22,24,46H2,1-11H3,(H,47,58)(H,48,59)(H,49,60)(H,50,54)(H,51,53)(H,56,57)/t26-,31-,32-,35-/m0/s1. The second-order valence-electron chi connectivity index (χ2n) is 18.5. The first-order chi connectivity index (χ1) is 30.1. The molecule has 1 heterocycles. The summed E-state index contributed by atoms with van der Waals surface area (Å²) >= 11 is 0. The Balaban J connectivity index is 2.13. The van der Waals surface area contributed by atoms with Crippen LogP contribution in [0, 0.1) is 0 Å². The van der Waals surface area contributed by atoms with Crippen molar-refractivity contribution in [2.75, 3.05) is 39.9 Å². The molecular formula is C45H67N7O13. The molecule has 0 spiro atoms. The van der Waals surface area contributed by atoms with E-state index in [0.29, 0.717) is 23.1 Å². The molecule has 8 N–H and O–H groups in total. The largest absolute Gasteiger partial charge is 0.491 e. The van der Waals surface area contributed by atoms with Crippen LogP contribution >= 0.6 is 0 Å². The smallest absolute Gasteiger partial charge is 0.407 e. The van der Waals surface area contributed by atoms with Crippen LogP contribution in [0.5, 0.6) is 11.5 Å². The maximum atomic E-state index is 14.3. The Morgan fingerprint density at radius 1 is 0.738 bits per heavy atom. The minimum atomic E-state index is -1.42. The zero-order valence-corrected chi connectivity index (χ0v) is 39.3. The van der Waals surface area contributed by atoms with Gasteiger partial charge in [-0.05, 0) is 117 Å². The highest BCUT2D eigenvalue weighted by atomic mass is 16.6. The van der Waals surface area contributed by atoms with Gasteiger partial charge >= 0.3 is 24.2 Å². The Bertz CT molecular complexity index is 2020. The molecule has 0 radical (unpaired) electrons. The molecule has 0 fully saturated rings. The minimum absolute atomic E-state index is 0.0289. The summed E-state index contributed by atoms with van der Waals surface area (Å²) in [7, 11) is 1.39. The SMILES string of the molecule is C[C@@H]1NC(=O)[C@@H](N(C)C(=O)[C@@H](N)CCCNC(=O)OC(C)(C)C)c2ccc(OCCNC(=O)OC(C)(C)C)c(c2)-c2cc(ccc2OCCNC(=O)OC(C)(C)C)C[C@@H](C(=O)O)NC1=O. The first-order valence-corrected chi connectivity index (χ1v) is 21.4. The molecule has 4 bridgehead atoms. The van der Waals surface area contributed by atoms with Gasteiger partial charge in [0.15, 0.2) is 0 Å². The van der Waals surface area contributed by atoms with E-state index in [-0.39, 0.29) is 62.8 Å². The Morgan fingerprint density at radius 2 is 1.22 bits per heavy atom. The fourth-order valence-electron chi connectivity index (χ4n) is 6.33. The molecule has 0 saturated heterocycles.